The SMILES string of the molecule is COC(=O)[C@H](Cc1ccc(C(C)(C)C)cc1)NC(=O)C(C)C. The molecule has 1 amide bonds. The van der Waals surface area contributed by atoms with Crippen molar-refractivity contribution in [3.05, 3.63) is 35.4 Å². The Morgan fingerprint density at radius 2 is 1.68 bits per heavy atom. The first-order valence-electron chi connectivity index (χ1n) is 7.62. The lowest BCUT2D eigenvalue weighted by Crippen LogP contribution is -2.44. The van der Waals surface area contributed by atoms with Gasteiger partial charge in [-0.2, -0.15) is 0 Å². The van der Waals surface area contributed by atoms with Crippen LogP contribution in [0.3, 0.4) is 0 Å². The molecule has 0 heterocycles. The molecule has 4 nitrogen and oxygen atoms in total. The summed E-state index contributed by atoms with van der Waals surface area (Å²) in [6.45, 7) is 10.1. The van der Waals surface area contributed by atoms with E-state index in [1.807, 2.05) is 12.1 Å². The van der Waals surface area contributed by atoms with E-state index in [4.69, 9.17) is 4.74 Å². The standard InChI is InChI=1S/C18H27NO3/c1-12(2)16(20)19-15(17(21)22-6)11-13-7-9-14(10-8-13)18(3,4)5/h7-10,12,15H,11H2,1-6H3,(H,19,20)/t15-/m0/s1. The van der Waals surface area contributed by atoms with Crippen LogP contribution in [-0.2, 0) is 26.2 Å². The van der Waals surface area contributed by atoms with Gasteiger partial charge in [-0.05, 0) is 16.5 Å². The van der Waals surface area contributed by atoms with Gasteiger partial charge in [0.25, 0.3) is 0 Å². The highest BCUT2D eigenvalue weighted by Gasteiger charge is 2.23. The Bertz CT molecular complexity index is 512. The number of benzene rings is 1. The maximum Gasteiger partial charge on any atom is 0.328 e. The number of carbonyl (C=O) groups excluding carboxylic acids is 2. The van der Waals surface area contributed by atoms with Crippen LogP contribution < -0.4 is 5.32 Å². The minimum atomic E-state index is -0.652. The van der Waals surface area contributed by atoms with Crippen molar-refractivity contribution in [2.45, 2.75) is 52.5 Å². The van der Waals surface area contributed by atoms with Crippen LogP contribution in [0.5, 0.6) is 0 Å². The number of hydrogen-bond acceptors (Lipinski definition) is 3. The zero-order valence-electron chi connectivity index (χ0n) is 14.4. The lowest BCUT2D eigenvalue weighted by atomic mass is 9.86. The second-order valence-corrected chi connectivity index (χ2v) is 6.89. The third-order valence-electron chi connectivity index (χ3n) is 3.59. The highest BCUT2D eigenvalue weighted by molar-refractivity contribution is 5.85. The van der Waals surface area contributed by atoms with Gasteiger partial charge in [0, 0.05) is 12.3 Å². The Kier molecular flexibility index (Phi) is 6.15. The van der Waals surface area contributed by atoms with Gasteiger partial charge in [0.15, 0.2) is 0 Å². The molecule has 0 aliphatic heterocycles. The summed E-state index contributed by atoms with van der Waals surface area (Å²) in [7, 11) is 1.33. The largest absolute Gasteiger partial charge is 0.467 e. The van der Waals surface area contributed by atoms with Crippen LogP contribution in [0.1, 0.15) is 45.7 Å². The molecule has 1 aromatic carbocycles. The Morgan fingerprint density at radius 3 is 2.09 bits per heavy atom. The van der Waals surface area contributed by atoms with E-state index in [0.717, 1.165) is 5.56 Å². The molecule has 0 radical (unpaired) electrons. The number of carbonyl (C=O) groups is 2. The fraction of sp³-hybridized carbons (Fsp3) is 0.556. The van der Waals surface area contributed by atoms with Crippen molar-refractivity contribution in [2.24, 2.45) is 5.92 Å². The van der Waals surface area contributed by atoms with Crippen LogP contribution in [0.2, 0.25) is 0 Å². The second kappa shape index (κ2) is 7.43. The summed E-state index contributed by atoms with van der Waals surface area (Å²) in [4.78, 5) is 23.7. The van der Waals surface area contributed by atoms with Crippen molar-refractivity contribution in [1.82, 2.24) is 5.32 Å². The summed E-state index contributed by atoms with van der Waals surface area (Å²) in [5.41, 5.74) is 2.32. The molecule has 0 unspecified atom stereocenters. The van der Waals surface area contributed by atoms with E-state index >= 15 is 0 Å². The topological polar surface area (TPSA) is 55.4 Å². The smallest absolute Gasteiger partial charge is 0.328 e. The predicted molar refractivity (Wildman–Crippen MR) is 87.6 cm³/mol. The summed E-state index contributed by atoms with van der Waals surface area (Å²) in [6, 6.07) is 7.47. The third-order valence-corrected chi connectivity index (χ3v) is 3.59. The van der Waals surface area contributed by atoms with Gasteiger partial charge in [-0.3, -0.25) is 4.79 Å². The number of methoxy groups -OCH3 is 1. The normalized spacial score (nSPS) is 12.9. The quantitative estimate of drug-likeness (QED) is 0.851. The van der Waals surface area contributed by atoms with Gasteiger partial charge in [0.1, 0.15) is 6.04 Å². The van der Waals surface area contributed by atoms with Crippen LogP contribution in [0.25, 0.3) is 0 Å². The first kappa shape index (κ1) is 18.2. The maximum absolute atomic E-state index is 11.9. The van der Waals surface area contributed by atoms with E-state index in [9.17, 15) is 9.59 Å². The Hall–Kier alpha value is -1.84. The van der Waals surface area contributed by atoms with Crippen molar-refractivity contribution >= 4 is 11.9 Å². The molecule has 4 heteroatoms. The molecule has 0 saturated carbocycles. The molecule has 0 fully saturated rings. The zero-order valence-corrected chi connectivity index (χ0v) is 14.4. The van der Waals surface area contributed by atoms with Crippen LogP contribution >= 0.6 is 0 Å². The number of ether oxygens (including phenoxy) is 1. The van der Waals surface area contributed by atoms with Crippen LogP contribution in [0.4, 0.5) is 0 Å². The first-order valence-corrected chi connectivity index (χ1v) is 7.62. The molecule has 1 rings (SSSR count). The van der Waals surface area contributed by atoms with Crippen molar-refractivity contribution in [1.29, 1.82) is 0 Å². The van der Waals surface area contributed by atoms with E-state index < -0.39 is 12.0 Å². The molecule has 1 N–H and O–H groups in total. The number of amides is 1. The van der Waals surface area contributed by atoms with E-state index in [1.165, 1.54) is 12.7 Å². The summed E-state index contributed by atoms with van der Waals surface area (Å²) >= 11 is 0. The number of rotatable bonds is 5. The van der Waals surface area contributed by atoms with Crippen molar-refractivity contribution in [2.75, 3.05) is 7.11 Å². The Morgan fingerprint density at radius 1 is 1.14 bits per heavy atom. The summed E-state index contributed by atoms with van der Waals surface area (Å²) in [6.07, 6.45) is 0.426. The predicted octanol–water partition coefficient (Wildman–Crippen LogP) is 2.84. The average Bonchev–Trinajstić information content (AvgIpc) is 2.45. The van der Waals surface area contributed by atoms with Gasteiger partial charge in [0.05, 0.1) is 7.11 Å². The molecule has 0 bridgehead atoms. The average molecular weight is 305 g/mol. The molecule has 0 aliphatic carbocycles. The fourth-order valence-electron chi connectivity index (χ4n) is 2.05. The molecule has 0 aromatic heterocycles. The second-order valence-electron chi connectivity index (χ2n) is 6.89. The molecule has 1 atom stereocenters. The number of esters is 1. The molecule has 22 heavy (non-hydrogen) atoms. The molecule has 1 aromatic rings. The van der Waals surface area contributed by atoms with E-state index in [1.54, 1.807) is 13.8 Å². The molecule has 0 spiro atoms. The fourth-order valence-corrected chi connectivity index (χ4v) is 2.05. The third kappa shape index (κ3) is 5.17. The lowest BCUT2D eigenvalue weighted by Gasteiger charge is -2.21. The molecule has 122 valence electrons. The minimum absolute atomic E-state index is 0.0894. The van der Waals surface area contributed by atoms with Gasteiger partial charge in [-0.25, -0.2) is 4.79 Å². The highest BCUT2D eigenvalue weighted by Crippen LogP contribution is 2.22. The summed E-state index contributed by atoms with van der Waals surface area (Å²) in [5.74, 6) is -0.744. The lowest BCUT2D eigenvalue weighted by molar-refractivity contribution is -0.145. The highest BCUT2D eigenvalue weighted by atomic mass is 16.5. The number of nitrogens with one attached hydrogen (secondary N) is 1. The van der Waals surface area contributed by atoms with E-state index in [-0.39, 0.29) is 17.2 Å². The van der Waals surface area contributed by atoms with Gasteiger partial charge >= 0.3 is 5.97 Å². The van der Waals surface area contributed by atoms with Gasteiger partial charge in [-0.15, -0.1) is 0 Å². The Labute approximate surface area is 133 Å². The van der Waals surface area contributed by atoms with Crippen molar-refractivity contribution in [3.63, 3.8) is 0 Å². The molecule has 0 aliphatic rings. The van der Waals surface area contributed by atoms with Crippen LogP contribution in [0.15, 0.2) is 24.3 Å². The summed E-state index contributed by atoms with van der Waals surface area (Å²) in [5, 5.41) is 2.75. The maximum atomic E-state index is 11.9. The van der Waals surface area contributed by atoms with Gasteiger partial charge in [-0.1, -0.05) is 58.9 Å². The first-order chi connectivity index (χ1) is 10.1. The van der Waals surface area contributed by atoms with Crippen LogP contribution in [0, 0.1) is 5.92 Å². The number of hydrogen-bond donors (Lipinski definition) is 1. The zero-order chi connectivity index (χ0) is 16.9. The monoisotopic (exact) mass is 305 g/mol. The van der Waals surface area contributed by atoms with Gasteiger partial charge < -0.3 is 10.1 Å². The van der Waals surface area contributed by atoms with Crippen molar-refractivity contribution in [3.8, 4) is 0 Å². The van der Waals surface area contributed by atoms with E-state index in [2.05, 4.69) is 38.2 Å². The minimum Gasteiger partial charge on any atom is -0.467 e. The van der Waals surface area contributed by atoms with Gasteiger partial charge in [0.2, 0.25) is 5.91 Å². The molecular weight excluding hydrogens is 278 g/mol. The summed E-state index contributed by atoms with van der Waals surface area (Å²) < 4.78 is 4.79. The van der Waals surface area contributed by atoms with Crippen LogP contribution in [-0.4, -0.2) is 25.0 Å². The van der Waals surface area contributed by atoms with Crippen molar-refractivity contribution < 1.29 is 14.3 Å². The van der Waals surface area contributed by atoms with E-state index in [0.29, 0.717) is 6.42 Å². The Balaban J connectivity index is 2.86. The molecule has 0 saturated heterocycles. The molecular formula is C18H27NO3.